The van der Waals surface area contributed by atoms with Gasteiger partial charge in [-0.3, -0.25) is 9.98 Å². The highest BCUT2D eigenvalue weighted by atomic mass is 16.3. The van der Waals surface area contributed by atoms with Crippen LogP contribution in [0.25, 0.3) is 10.8 Å². The average molecular weight is 313 g/mol. The van der Waals surface area contributed by atoms with Crippen LogP contribution in [0.2, 0.25) is 0 Å². The van der Waals surface area contributed by atoms with E-state index in [1.807, 2.05) is 18.7 Å². The van der Waals surface area contributed by atoms with Gasteiger partial charge in [-0.1, -0.05) is 0 Å². The van der Waals surface area contributed by atoms with Gasteiger partial charge in [0, 0.05) is 29.1 Å². The van der Waals surface area contributed by atoms with E-state index in [1.54, 1.807) is 6.26 Å². The lowest BCUT2D eigenvalue weighted by Gasteiger charge is -2.41. The van der Waals surface area contributed by atoms with Crippen LogP contribution >= 0.6 is 0 Å². The zero-order valence-electron chi connectivity index (χ0n) is 13.2. The minimum absolute atomic E-state index is 0.0889. The smallest absolute Gasteiger partial charge is 0.114 e. The Morgan fingerprint density at radius 3 is 2.58 bits per heavy atom. The Balaban J connectivity index is 1.85. The van der Waals surface area contributed by atoms with E-state index in [0.29, 0.717) is 0 Å². The molecule has 6 rings (SSSR count). The van der Waals surface area contributed by atoms with Gasteiger partial charge in [-0.15, -0.1) is 0 Å². The molecule has 2 unspecified atom stereocenters. The monoisotopic (exact) mass is 313 g/mol. The molecule has 3 aliphatic carbocycles. The Kier molecular flexibility index (Phi) is 2.65. The molecular formula is C20H15N3O. The van der Waals surface area contributed by atoms with E-state index >= 15 is 0 Å². The van der Waals surface area contributed by atoms with E-state index in [1.165, 1.54) is 34.2 Å². The van der Waals surface area contributed by atoms with Gasteiger partial charge in [0.15, 0.2) is 0 Å². The minimum Gasteiger partial charge on any atom is -0.471 e. The van der Waals surface area contributed by atoms with Crippen LogP contribution in [0.15, 0.2) is 68.8 Å². The SMILES string of the molecule is C=NC=NC1=C(C)C2c3ccncc3C1c1cc3cocc3cc12. The zero-order valence-corrected chi connectivity index (χ0v) is 13.2. The van der Waals surface area contributed by atoms with Gasteiger partial charge in [-0.25, -0.2) is 4.99 Å². The first-order valence-electron chi connectivity index (χ1n) is 7.92. The summed E-state index contributed by atoms with van der Waals surface area (Å²) in [4.78, 5) is 12.8. The first-order chi connectivity index (χ1) is 11.8. The molecule has 3 aliphatic rings. The predicted octanol–water partition coefficient (Wildman–Crippen LogP) is 4.42. The predicted molar refractivity (Wildman–Crippen MR) is 94.9 cm³/mol. The summed E-state index contributed by atoms with van der Waals surface area (Å²) in [6.07, 6.45) is 8.99. The van der Waals surface area contributed by atoms with Crippen LogP contribution in [0.4, 0.5) is 0 Å². The molecule has 0 radical (unpaired) electrons. The minimum atomic E-state index is 0.0889. The second kappa shape index (κ2) is 4.74. The van der Waals surface area contributed by atoms with Crippen molar-refractivity contribution in [1.29, 1.82) is 0 Å². The Hall–Kier alpha value is -3.01. The van der Waals surface area contributed by atoms with Gasteiger partial charge in [0.25, 0.3) is 0 Å². The van der Waals surface area contributed by atoms with Gasteiger partial charge in [0.1, 0.15) is 6.34 Å². The summed E-state index contributed by atoms with van der Waals surface area (Å²) in [5.41, 5.74) is 7.53. The molecule has 24 heavy (non-hydrogen) atoms. The van der Waals surface area contributed by atoms with Crippen molar-refractivity contribution < 1.29 is 4.42 Å². The molecule has 0 N–H and O–H groups in total. The van der Waals surface area contributed by atoms with Crippen molar-refractivity contribution in [3.05, 3.63) is 76.6 Å². The van der Waals surface area contributed by atoms with Crippen molar-refractivity contribution in [2.75, 3.05) is 0 Å². The topological polar surface area (TPSA) is 50.8 Å². The van der Waals surface area contributed by atoms with Crippen molar-refractivity contribution in [3.63, 3.8) is 0 Å². The van der Waals surface area contributed by atoms with Crippen LogP contribution in [0.3, 0.4) is 0 Å². The van der Waals surface area contributed by atoms with Gasteiger partial charge >= 0.3 is 0 Å². The first kappa shape index (κ1) is 13.4. The maximum absolute atomic E-state index is 5.39. The number of aromatic nitrogens is 1. The summed E-state index contributed by atoms with van der Waals surface area (Å²) in [7, 11) is 0. The summed E-state index contributed by atoms with van der Waals surface area (Å²) in [5, 5.41) is 2.26. The maximum atomic E-state index is 5.39. The van der Waals surface area contributed by atoms with Crippen molar-refractivity contribution >= 4 is 23.8 Å². The molecule has 2 bridgehead atoms. The summed E-state index contributed by atoms with van der Waals surface area (Å²) >= 11 is 0. The number of pyridine rings is 1. The highest BCUT2D eigenvalue weighted by Crippen LogP contribution is 2.56. The van der Waals surface area contributed by atoms with Crippen LogP contribution in [0.5, 0.6) is 0 Å². The lowest BCUT2D eigenvalue weighted by molar-refractivity contribution is 0.572. The highest BCUT2D eigenvalue weighted by molar-refractivity contribution is 5.85. The number of fused-ring (bicyclic) bond motifs is 1. The molecule has 0 fully saturated rings. The van der Waals surface area contributed by atoms with Gasteiger partial charge in [-0.2, -0.15) is 0 Å². The third-order valence-electron chi connectivity index (χ3n) is 5.20. The van der Waals surface area contributed by atoms with Crippen molar-refractivity contribution in [2.24, 2.45) is 9.98 Å². The van der Waals surface area contributed by atoms with E-state index in [-0.39, 0.29) is 11.8 Å². The largest absolute Gasteiger partial charge is 0.471 e. The molecule has 2 atom stereocenters. The van der Waals surface area contributed by atoms with Crippen LogP contribution in [0, 0.1) is 0 Å². The molecule has 3 aromatic rings. The second-order valence-electron chi connectivity index (χ2n) is 6.35. The zero-order chi connectivity index (χ0) is 16.3. The van der Waals surface area contributed by atoms with Crippen LogP contribution in [0.1, 0.15) is 41.0 Å². The first-order valence-corrected chi connectivity index (χ1v) is 7.92. The molecule has 0 saturated carbocycles. The third-order valence-corrected chi connectivity index (χ3v) is 5.20. The number of aliphatic imine (C=N–C) groups is 2. The van der Waals surface area contributed by atoms with Crippen molar-refractivity contribution in [2.45, 2.75) is 18.8 Å². The summed E-state index contributed by atoms with van der Waals surface area (Å²) in [5.74, 6) is 0.297. The van der Waals surface area contributed by atoms with E-state index in [0.717, 1.165) is 16.5 Å². The van der Waals surface area contributed by atoms with Crippen LogP contribution < -0.4 is 0 Å². The third kappa shape index (κ3) is 1.60. The normalized spacial score (nSPS) is 21.4. The Morgan fingerprint density at radius 2 is 1.83 bits per heavy atom. The Morgan fingerprint density at radius 1 is 1.08 bits per heavy atom. The lowest BCUT2D eigenvalue weighted by atomic mass is 9.63. The number of rotatable bonds is 2. The average Bonchev–Trinajstić information content (AvgIpc) is 3.06. The van der Waals surface area contributed by atoms with Gasteiger partial charge in [0.2, 0.25) is 0 Å². The molecule has 0 spiro atoms. The van der Waals surface area contributed by atoms with E-state index < -0.39 is 0 Å². The molecule has 4 heteroatoms. The number of furan rings is 1. The number of allylic oxidation sites excluding steroid dienone is 2. The number of benzene rings is 1. The Bertz CT molecular complexity index is 1060. The van der Waals surface area contributed by atoms with E-state index in [9.17, 15) is 0 Å². The Labute approximate surface area is 139 Å². The van der Waals surface area contributed by atoms with Gasteiger partial charge < -0.3 is 4.42 Å². The molecule has 2 heterocycles. The summed E-state index contributed by atoms with van der Waals surface area (Å²) < 4.78 is 5.39. The highest BCUT2D eigenvalue weighted by Gasteiger charge is 2.41. The quantitative estimate of drug-likeness (QED) is 0.519. The number of hydrogen-bond donors (Lipinski definition) is 0. The van der Waals surface area contributed by atoms with Crippen LogP contribution in [-0.2, 0) is 0 Å². The van der Waals surface area contributed by atoms with E-state index in [2.05, 4.69) is 46.8 Å². The number of hydrogen-bond acceptors (Lipinski definition) is 3. The standard InChI is InChI=1S/C20H15N3O/c1-11-18-14-3-4-22-7-17(14)19(20(11)23-10-21-2)16-6-13-9-24-8-12(13)5-15(16)18/h3-10,18-19H,2H2,1H3. The van der Waals surface area contributed by atoms with Gasteiger partial charge in [0.05, 0.1) is 24.1 Å². The maximum Gasteiger partial charge on any atom is 0.114 e. The molecule has 4 nitrogen and oxygen atoms in total. The fraction of sp³-hybridized carbons (Fsp3) is 0.150. The lowest BCUT2D eigenvalue weighted by Crippen LogP contribution is -2.27. The fourth-order valence-corrected chi connectivity index (χ4v) is 4.23. The molecule has 116 valence electrons. The summed E-state index contributed by atoms with van der Waals surface area (Å²) in [6, 6.07) is 6.61. The van der Waals surface area contributed by atoms with Crippen LogP contribution in [-0.4, -0.2) is 18.0 Å². The van der Waals surface area contributed by atoms with E-state index in [4.69, 9.17) is 4.42 Å². The second-order valence-corrected chi connectivity index (χ2v) is 6.35. The summed E-state index contributed by atoms with van der Waals surface area (Å²) in [6.45, 7) is 5.67. The van der Waals surface area contributed by atoms with Crippen molar-refractivity contribution in [3.8, 4) is 0 Å². The molecule has 0 amide bonds. The number of nitrogens with zero attached hydrogens (tertiary/aromatic N) is 3. The molecule has 0 saturated heterocycles. The van der Waals surface area contributed by atoms with Crippen molar-refractivity contribution in [1.82, 2.24) is 4.98 Å². The molecule has 0 aliphatic heterocycles. The molecule has 2 aromatic heterocycles. The molecule has 1 aromatic carbocycles. The van der Waals surface area contributed by atoms with Gasteiger partial charge in [-0.05, 0) is 59.7 Å². The fourth-order valence-electron chi connectivity index (χ4n) is 4.23. The molecular weight excluding hydrogens is 298 g/mol.